The molecule has 0 spiro atoms. The Labute approximate surface area is 302 Å². The van der Waals surface area contributed by atoms with Gasteiger partial charge in [-0.15, -0.1) is 16.8 Å². The number of hydrogen-bond donors (Lipinski definition) is 3. The zero-order valence-corrected chi connectivity index (χ0v) is 30.1. The summed E-state index contributed by atoms with van der Waals surface area (Å²) in [5.41, 5.74) is -0.842. The number of ether oxygens (including phenoxy) is 2. The third-order valence-electron chi connectivity index (χ3n) is 11.2. The van der Waals surface area contributed by atoms with Crippen molar-refractivity contribution in [1.82, 2.24) is 40.5 Å². The number of aromatic nitrogens is 4. The fourth-order valence-electron chi connectivity index (χ4n) is 7.56. The van der Waals surface area contributed by atoms with Crippen LogP contribution in [0.1, 0.15) is 83.1 Å². The van der Waals surface area contributed by atoms with Gasteiger partial charge in [-0.1, -0.05) is 25.3 Å². The van der Waals surface area contributed by atoms with Crippen LogP contribution in [0.3, 0.4) is 0 Å². The number of alkyl carbamates (subject to hydrolysis) is 1. The summed E-state index contributed by atoms with van der Waals surface area (Å²) in [6.07, 6.45) is 8.66. The Bertz CT molecular complexity index is 1800. The largest absolute Gasteiger partial charge is 0.497 e. The van der Waals surface area contributed by atoms with Crippen LogP contribution in [0.5, 0.6) is 5.75 Å². The van der Waals surface area contributed by atoms with Gasteiger partial charge < -0.3 is 25.0 Å². The zero-order valence-electron chi connectivity index (χ0n) is 29.2. The molecule has 0 bridgehead atoms. The minimum absolute atomic E-state index is 0.0258. The van der Waals surface area contributed by atoms with Crippen molar-refractivity contribution in [3.8, 4) is 17.1 Å². The van der Waals surface area contributed by atoms with E-state index in [1.807, 2.05) is 0 Å². The average molecular weight is 739 g/mol. The van der Waals surface area contributed by atoms with Crippen molar-refractivity contribution in [2.45, 2.75) is 112 Å². The number of nitrogens with zero attached hydrogens (tertiary/aromatic N) is 5. The predicted octanol–water partition coefficient (Wildman–Crippen LogP) is 2.39. The standard InChI is InChI=1S/C35H46N8O8S/c1-3-23-19-35(23,33(46)40-52(48,49)27-16-17-27)37-31(44)28-18-24(43-39-30(38-41-43)22-12-14-25(50-2)15-13-22)20-42(28)32(45)29(21-8-5-4-6-9-21)36-34(47)51-26-10-7-11-26/h3,12-15,21,23-24,26-29H,1,4-11,16-20H2,2H3,(H,36,47)(H,37,44)(H,40,46)/t23-,24-,28+,29+,35-/m1/s1. The van der Waals surface area contributed by atoms with Crippen molar-refractivity contribution in [2.75, 3.05) is 13.7 Å². The summed E-state index contributed by atoms with van der Waals surface area (Å²) >= 11 is 0. The first kappa shape index (κ1) is 35.8. The van der Waals surface area contributed by atoms with Gasteiger partial charge in [0.25, 0.3) is 5.91 Å². The summed E-state index contributed by atoms with van der Waals surface area (Å²) in [6, 6.07) is 4.52. The van der Waals surface area contributed by atoms with Gasteiger partial charge in [0.2, 0.25) is 27.7 Å². The lowest BCUT2D eigenvalue weighted by atomic mass is 9.83. The molecule has 2 heterocycles. The molecule has 17 heteroatoms. The van der Waals surface area contributed by atoms with Crippen molar-refractivity contribution in [3.05, 3.63) is 36.9 Å². The van der Waals surface area contributed by atoms with E-state index in [1.54, 1.807) is 31.4 Å². The van der Waals surface area contributed by atoms with Gasteiger partial charge in [-0.2, -0.15) is 4.80 Å². The Morgan fingerprint density at radius 2 is 1.75 bits per heavy atom. The number of methoxy groups -OCH3 is 1. The molecule has 4 aliphatic carbocycles. The molecule has 1 aliphatic heterocycles. The molecule has 280 valence electrons. The van der Waals surface area contributed by atoms with Crippen molar-refractivity contribution < 1.29 is 37.1 Å². The van der Waals surface area contributed by atoms with Crippen LogP contribution < -0.4 is 20.1 Å². The molecule has 0 unspecified atom stereocenters. The SMILES string of the molecule is C=C[C@@H]1C[C@]1(NC(=O)[C@@H]1C[C@@H](n2nnc(-c3ccc(OC)cc3)n2)CN1C(=O)[C@@H](NC(=O)OC1CCC1)C1CCCCC1)C(=O)NS(=O)(=O)C1CC1. The van der Waals surface area contributed by atoms with E-state index in [2.05, 4.69) is 37.3 Å². The van der Waals surface area contributed by atoms with Crippen molar-refractivity contribution in [3.63, 3.8) is 0 Å². The summed E-state index contributed by atoms with van der Waals surface area (Å²) in [5, 5.41) is 18.1. The molecule has 1 saturated heterocycles. The predicted molar refractivity (Wildman–Crippen MR) is 186 cm³/mol. The summed E-state index contributed by atoms with van der Waals surface area (Å²) in [6.45, 7) is 3.81. The lowest BCUT2D eigenvalue weighted by Crippen LogP contribution is -2.59. The number of sulfonamides is 1. The number of likely N-dealkylation sites (tertiary alicyclic amines) is 1. The molecule has 52 heavy (non-hydrogen) atoms. The Balaban J connectivity index is 1.16. The first-order valence-electron chi connectivity index (χ1n) is 18.2. The van der Waals surface area contributed by atoms with E-state index >= 15 is 0 Å². The Morgan fingerprint density at radius 3 is 2.37 bits per heavy atom. The Hall–Kier alpha value is -4.54. The molecule has 1 aromatic carbocycles. The van der Waals surface area contributed by atoms with Crippen LogP contribution in [0.4, 0.5) is 4.79 Å². The molecule has 0 radical (unpaired) electrons. The van der Waals surface area contributed by atoms with E-state index < -0.39 is 68.7 Å². The van der Waals surface area contributed by atoms with E-state index in [4.69, 9.17) is 9.47 Å². The van der Waals surface area contributed by atoms with E-state index in [-0.39, 0.29) is 31.4 Å². The highest BCUT2D eigenvalue weighted by Crippen LogP contribution is 2.46. The first-order valence-corrected chi connectivity index (χ1v) is 19.8. The van der Waals surface area contributed by atoms with Crippen LogP contribution in [0.25, 0.3) is 11.4 Å². The summed E-state index contributed by atoms with van der Waals surface area (Å²) in [7, 11) is -2.32. The highest BCUT2D eigenvalue weighted by atomic mass is 32.2. The second-order valence-corrected chi connectivity index (χ2v) is 16.7. The van der Waals surface area contributed by atoms with Crippen LogP contribution >= 0.6 is 0 Å². The van der Waals surface area contributed by atoms with E-state index in [1.165, 1.54) is 15.8 Å². The summed E-state index contributed by atoms with van der Waals surface area (Å²) < 4.78 is 38.4. The number of nitrogens with one attached hydrogen (secondary N) is 3. The molecular weight excluding hydrogens is 693 g/mol. The number of rotatable bonds is 13. The lowest BCUT2D eigenvalue weighted by molar-refractivity contribution is -0.142. The van der Waals surface area contributed by atoms with Crippen LogP contribution in [0.15, 0.2) is 36.9 Å². The van der Waals surface area contributed by atoms with Crippen molar-refractivity contribution >= 4 is 33.8 Å². The van der Waals surface area contributed by atoms with Crippen LogP contribution in [-0.2, 0) is 29.1 Å². The van der Waals surface area contributed by atoms with Crippen LogP contribution in [0.2, 0.25) is 0 Å². The number of hydrogen-bond acceptors (Lipinski definition) is 11. The fourth-order valence-corrected chi connectivity index (χ4v) is 8.92. The highest BCUT2D eigenvalue weighted by Gasteiger charge is 2.62. The third kappa shape index (κ3) is 7.36. The third-order valence-corrected chi connectivity index (χ3v) is 13.0. The maximum Gasteiger partial charge on any atom is 0.408 e. The minimum atomic E-state index is -3.89. The lowest BCUT2D eigenvalue weighted by Gasteiger charge is -2.35. The molecule has 2 aromatic rings. The maximum atomic E-state index is 14.7. The molecule has 4 amide bonds. The highest BCUT2D eigenvalue weighted by molar-refractivity contribution is 7.91. The smallest absolute Gasteiger partial charge is 0.408 e. The molecule has 4 saturated carbocycles. The van der Waals surface area contributed by atoms with E-state index in [9.17, 15) is 27.6 Å². The van der Waals surface area contributed by atoms with Gasteiger partial charge in [0.15, 0.2) is 0 Å². The van der Waals surface area contributed by atoms with Gasteiger partial charge >= 0.3 is 6.09 Å². The Kier molecular flexibility index (Phi) is 9.97. The van der Waals surface area contributed by atoms with Gasteiger partial charge in [-0.3, -0.25) is 19.1 Å². The molecular formula is C35H46N8O8S. The molecule has 5 aliphatic rings. The molecule has 1 aromatic heterocycles. The molecule has 7 rings (SSSR count). The monoisotopic (exact) mass is 738 g/mol. The number of amides is 4. The van der Waals surface area contributed by atoms with Crippen LogP contribution in [0, 0.1) is 11.8 Å². The second kappa shape index (κ2) is 14.5. The topological polar surface area (TPSA) is 204 Å². The molecule has 5 fully saturated rings. The van der Waals surface area contributed by atoms with Gasteiger partial charge in [-0.25, -0.2) is 13.2 Å². The maximum absolute atomic E-state index is 14.7. The van der Waals surface area contributed by atoms with E-state index in [0.29, 0.717) is 30.0 Å². The average Bonchev–Trinajstić information content (AvgIpc) is 4.01. The fraction of sp³-hybridized carbons (Fsp3) is 0.629. The minimum Gasteiger partial charge on any atom is -0.497 e. The normalized spacial score (nSPS) is 26.8. The Morgan fingerprint density at radius 1 is 1.02 bits per heavy atom. The number of tetrazole rings is 1. The number of benzene rings is 1. The number of carbonyl (C=O) groups excluding carboxylic acids is 4. The summed E-state index contributed by atoms with van der Waals surface area (Å²) in [5.74, 6) is -1.56. The van der Waals surface area contributed by atoms with Gasteiger partial charge in [0.1, 0.15) is 29.5 Å². The zero-order chi connectivity index (χ0) is 36.6. The van der Waals surface area contributed by atoms with Gasteiger partial charge in [0, 0.05) is 24.4 Å². The number of carbonyl (C=O) groups is 4. The van der Waals surface area contributed by atoms with E-state index in [0.717, 1.165) is 51.4 Å². The molecule has 5 atom stereocenters. The van der Waals surface area contributed by atoms with Gasteiger partial charge in [0.05, 0.1) is 18.4 Å². The van der Waals surface area contributed by atoms with Crippen LogP contribution in [-0.4, -0.2) is 100.0 Å². The first-order chi connectivity index (χ1) is 25.0. The molecule has 16 nitrogen and oxygen atoms in total. The van der Waals surface area contributed by atoms with Crippen molar-refractivity contribution in [2.24, 2.45) is 11.8 Å². The quantitative estimate of drug-likeness (QED) is 0.255. The van der Waals surface area contributed by atoms with Crippen molar-refractivity contribution in [1.29, 1.82) is 0 Å². The second-order valence-electron chi connectivity index (χ2n) is 14.7. The van der Waals surface area contributed by atoms with Gasteiger partial charge in [-0.05, 0) is 86.8 Å². The summed E-state index contributed by atoms with van der Waals surface area (Å²) in [4.78, 5) is 58.4. The molecule has 3 N–H and O–H groups in total.